The lowest BCUT2D eigenvalue weighted by molar-refractivity contribution is -0.149. The van der Waals surface area contributed by atoms with Crippen LogP contribution < -0.4 is 0 Å². The van der Waals surface area contributed by atoms with Crippen LogP contribution in [-0.4, -0.2) is 11.6 Å². The number of nitriles is 1. The maximum Gasteiger partial charge on any atom is 0.333 e. The van der Waals surface area contributed by atoms with Gasteiger partial charge >= 0.3 is 5.97 Å². The number of ether oxygens (including phenoxy) is 1. The van der Waals surface area contributed by atoms with E-state index in [9.17, 15) is 4.79 Å². The zero-order chi connectivity index (χ0) is 18.3. The Balaban J connectivity index is 0. The first-order valence-corrected chi connectivity index (χ1v) is 7.25. The van der Waals surface area contributed by atoms with E-state index in [1.54, 1.807) is 13.0 Å². The van der Waals surface area contributed by atoms with Crippen LogP contribution >= 0.6 is 0 Å². The molecule has 1 rings (SSSR count). The van der Waals surface area contributed by atoms with Crippen LogP contribution in [0.5, 0.6) is 0 Å². The summed E-state index contributed by atoms with van der Waals surface area (Å²) in [5.74, 6) is -0.326. The van der Waals surface area contributed by atoms with E-state index in [1.165, 1.54) is 11.6 Å². The molecule has 1 aromatic carbocycles. The van der Waals surface area contributed by atoms with Gasteiger partial charge in [0, 0.05) is 11.6 Å². The molecule has 0 fully saturated rings. The molecule has 0 atom stereocenters. The fourth-order valence-electron chi connectivity index (χ4n) is 1.12. The number of carbonyl (C=O) groups excluding carboxylic acids is 1. The molecule has 0 unspecified atom stereocenters. The molecule has 0 saturated carbocycles. The minimum atomic E-state index is -0.407. The summed E-state index contributed by atoms with van der Waals surface area (Å²) in [4.78, 5) is 10.8. The Morgan fingerprint density at radius 3 is 2.00 bits per heavy atom. The smallest absolute Gasteiger partial charge is 0.333 e. The Hall–Kier alpha value is -2.60. The number of rotatable bonds is 2. The molecule has 0 radical (unpaired) electrons. The van der Waals surface area contributed by atoms with Crippen molar-refractivity contribution in [2.24, 2.45) is 0 Å². The number of hydrogen-bond acceptors (Lipinski definition) is 3. The number of hydrogen-bond donors (Lipinski definition) is 0. The number of allylic oxidation sites excluding steroid dienone is 2. The van der Waals surface area contributed by atoms with Gasteiger partial charge in [-0.15, -0.1) is 0 Å². The van der Waals surface area contributed by atoms with Crippen molar-refractivity contribution in [3.05, 3.63) is 66.8 Å². The molecule has 0 aromatic heterocycles. The third-order valence-electron chi connectivity index (χ3n) is 2.00. The van der Waals surface area contributed by atoms with E-state index in [0.29, 0.717) is 5.57 Å². The molecular formula is C20H27NO2. The molecule has 0 aliphatic heterocycles. The first kappa shape index (κ1) is 22.7. The van der Waals surface area contributed by atoms with Crippen LogP contribution in [0.2, 0.25) is 0 Å². The molecule has 0 aliphatic rings. The summed E-state index contributed by atoms with van der Waals surface area (Å²) < 4.78 is 4.96. The zero-order valence-electron chi connectivity index (χ0n) is 14.8. The fraction of sp³-hybridized carbons (Fsp3) is 0.300. The molecule has 0 amide bonds. The van der Waals surface area contributed by atoms with Gasteiger partial charge in [0.25, 0.3) is 0 Å². The predicted octanol–water partition coefficient (Wildman–Crippen LogP) is 5.32. The summed E-state index contributed by atoms with van der Waals surface area (Å²) >= 11 is 0. The van der Waals surface area contributed by atoms with Gasteiger partial charge < -0.3 is 4.74 Å². The average Bonchev–Trinajstić information content (AvgIpc) is 2.48. The SMILES string of the molecule is C=C(C)C(=O)OC(C)(C)C.C=CC#N.CC=Cc1ccccc1. The molecule has 3 nitrogen and oxygen atoms in total. The molecule has 0 heterocycles. The zero-order valence-corrected chi connectivity index (χ0v) is 14.8. The Morgan fingerprint density at radius 2 is 1.74 bits per heavy atom. The number of esters is 1. The van der Waals surface area contributed by atoms with E-state index in [-0.39, 0.29) is 5.97 Å². The van der Waals surface area contributed by atoms with Gasteiger partial charge in [0.15, 0.2) is 0 Å². The molecule has 3 heteroatoms. The minimum Gasteiger partial charge on any atom is -0.457 e. The van der Waals surface area contributed by atoms with Crippen LogP contribution in [0.25, 0.3) is 6.08 Å². The molecule has 124 valence electrons. The van der Waals surface area contributed by atoms with Gasteiger partial charge in [0.05, 0.1) is 6.07 Å². The second-order valence-corrected chi connectivity index (χ2v) is 5.53. The molecular weight excluding hydrogens is 286 g/mol. The van der Waals surface area contributed by atoms with Gasteiger partial charge in [-0.1, -0.05) is 55.6 Å². The van der Waals surface area contributed by atoms with Gasteiger partial charge in [0.1, 0.15) is 5.60 Å². The highest BCUT2D eigenvalue weighted by Crippen LogP contribution is 2.09. The second kappa shape index (κ2) is 13.1. The monoisotopic (exact) mass is 313 g/mol. The molecule has 0 spiro atoms. The van der Waals surface area contributed by atoms with Crippen LogP contribution in [0.3, 0.4) is 0 Å². The van der Waals surface area contributed by atoms with Crippen LogP contribution in [0, 0.1) is 11.3 Å². The van der Waals surface area contributed by atoms with Gasteiger partial charge in [-0.05, 0) is 40.2 Å². The first-order valence-electron chi connectivity index (χ1n) is 7.25. The van der Waals surface area contributed by atoms with Crippen molar-refractivity contribution in [3.8, 4) is 6.07 Å². The Labute approximate surface area is 140 Å². The lowest BCUT2D eigenvalue weighted by atomic mass is 10.2. The summed E-state index contributed by atoms with van der Waals surface area (Å²) in [5, 5.41) is 7.51. The summed E-state index contributed by atoms with van der Waals surface area (Å²) in [6.07, 6.45) is 5.30. The number of benzene rings is 1. The lowest BCUT2D eigenvalue weighted by Crippen LogP contribution is -2.23. The third kappa shape index (κ3) is 17.3. The van der Waals surface area contributed by atoms with Crippen molar-refractivity contribution in [1.82, 2.24) is 0 Å². The van der Waals surface area contributed by atoms with E-state index in [4.69, 9.17) is 10.00 Å². The van der Waals surface area contributed by atoms with Crippen LogP contribution in [0.4, 0.5) is 0 Å². The Bertz CT molecular complexity index is 543. The molecule has 0 aliphatic carbocycles. The van der Waals surface area contributed by atoms with Crippen molar-refractivity contribution in [1.29, 1.82) is 5.26 Å². The summed E-state index contributed by atoms with van der Waals surface area (Å²) in [6, 6.07) is 12.0. The predicted molar refractivity (Wildman–Crippen MR) is 97.6 cm³/mol. The van der Waals surface area contributed by atoms with Crippen LogP contribution in [-0.2, 0) is 9.53 Å². The minimum absolute atomic E-state index is 0.326. The van der Waals surface area contributed by atoms with Crippen molar-refractivity contribution in [3.63, 3.8) is 0 Å². The normalized spacial score (nSPS) is 9.39. The second-order valence-electron chi connectivity index (χ2n) is 5.53. The first-order chi connectivity index (χ1) is 10.7. The third-order valence-corrected chi connectivity index (χ3v) is 2.00. The number of carbonyl (C=O) groups is 1. The lowest BCUT2D eigenvalue weighted by Gasteiger charge is -2.19. The average molecular weight is 313 g/mol. The molecule has 0 bridgehead atoms. The van der Waals surface area contributed by atoms with Crippen molar-refractivity contribution < 1.29 is 9.53 Å². The van der Waals surface area contributed by atoms with E-state index >= 15 is 0 Å². The quantitative estimate of drug-likeness (QED) is 0.422. The van der Waals surface area contributed by atoms with E-state index in [0.717, 1.165) is 0 Å². The van der Waals surface area contributed by atoms with Crippen LogP contribution in [0.15, 0.2) is 61.2 Å². The van der Waals surface area contributed by atoms with Crippen molar-refractivity contribution in [2.75, 3.05) is 0 Å². The maximum absolute atomic E-state index is 10.8. The highest BCUT2D eigenvalue weighted by Gasteiger charge is 2.15. The summed E-state index contributed by atoms with van der Waals surface area (Å²) in [6.45, 7) is 15.7. The summed E-state index contributed by atoms with van der Waals surface area (Å²) in [7, 11) is 0. The van der Waals surface area contributed by atoms with Gasteiger partial charge in [-0.3, -0.25) is 0 Å². The topological polar surface area (TPSA) is 50.1 Å². The van der Waals surface area contributed by atoms with Gasteiger partial charge in [-0.25, -0.2) is 4.79 Å². The molecule has 23 heavy (non-hydrogen) atoms. The largest absolute Gasteiger partial charge is 0.457 e. The van der Waals surface area contributed by atoms with Gasteiger partial charge in [-0.2, -0.15) is 5.26 Å². The standard InChI is InChI=1S/C9H10.C8H14O2.C3H3N/c1-2-6-9-7-4-3-5-8-9;1-6(2)7(9)10-8(3,4)5;1-2-3-4/h2-8H,1H3;1H2,2-5H3;2H,1H2. The van der Waals surface area contributed by atoms with Gasteiger partial charge in [0.2, 0.25) is 0 Å². The number of nitrogens with zero attached hydrogens (tertiary/aromatic N) is 1. The molecule has 0 saturated heterocycles. The van der Waals surface area contributed by atoms with Crippen molar-refractivity contribution >= 4 is 12.0 Å². The van der Waals surface area contributed by atoms with E-state index in [2.05, 4.69) is 31.4 Å². The maximum atomic E-state index is 10.8. The fourth-order valence-corrected chi connectivity index (χ4v) is 1.12. The highest BCUT2D eigenvalue weighted by molar-refractivity contribution is 5.87. The molecule has 1 aromatic rings. The van der Waals surface area contributed by atoms with E-state index in [1.807, 2.05) is 52.0 Å². The molecule has 0 N–H and O–H groups in total. The van der Waals surface area contributed by atoms with Crippen molar-refractivity contribution in [2.45, 2.75) is 40.2 Å². The van der Waals surface area contributed by atoms with Crippen LogP contribution in [0.1, 0.15) is 40.2 Å². The Morgan fingerprint density at radius 1 is 1.26 bits per heavy atom. The van der Waals surface area contributed by atoms with E-state index < -0.39 is 5.60 Å². The Kier molecular flexibility index (Phi) is 12.9. The summed E-state index contributed by atoms with van der Waals surface area (Å²) in [5.41, 5.74) is 1.30. The highest BCUT2D eigenvalue weighted by atomic mass is 16.6.